The summed E-state index contributed by atoms with van der Waals surface area (Å²) in [6, 6.07) is -0.647. The topological polar surface area (TPSA) is 86.9 Å². The molecule has 1 aliphatic heterocycles. The summed E-state index contributed by atoms with van der Waals surface area (Å²) in [5.74, 6) is -0.209. The van der Waals surface area contributed by atoms with Crippen molar-refractivity contribution < 1.29 is 54.2 Å². The first kappa shape index (κ1) is 28.4. The molecule has 1 saturated carbocycles. The number of fused-ring (bicyclic) bond motifs is 1. The Balaban J connectivity index is 1.85. The smallest absolute Gasteiger partial charge is 0.416 e. The van der Waals surface area contributed by atoms with Gasteiger partial charge in [-0.05, 0) is 72.7 Å². The molecular weight excluding hydrogens is 549 g/mol. The van der Waals surface area contributed by atoms with E-state index < -0.39 is 71.5 Å². The molecule has 3 N–H and O–H groups in total. The van der Waals surface area contributed by atoms with Gasteiger partial charge < -0.3 is 15.7 Å². The molecule has 4 rings (SSSR count). The number of nitrogens with two attached hydrogens (primary N) is 1. The van der Waals surface area contributed by atoms with Gasteiger partial charge in [0.1, 0.15) is 0 Å². The highest BCUT2D eigenvalue weighted by molar-refractivity contribution is 5.89. The second-order valence-electron chi connectivity index (χ2n) is 9.46. The molecule has 39 heavy (non-hydrogen) atoms. The Bertz CT molecular complexity index is 1250. The highest BCUT2D eigenvalue weighted by atomic mass is 19.4. The summed E-state index contributed by atoms with van der Waals surface area (Å²) >= 11 is 0. The lowest BCUT2D eigenvalue weighted by Gasteiger charge is -2.43. The number of carbonyl (C=O) groups excluding carboxylic acids is 1. The van der Waals surface area contributed by atoms with Crippen molar-refractivity contribution in [2.45, 2.75) is 56.4 Å². The predicted octanol–water partition coefficient (Wildman–Crippen LogP) is 7.03. The van der Waals surface area contributed by atoms with Crippen LogP contribution in [0.15, 0.2) is 36.4 Å². The minimum atomic E-state index is -5.17. The van der Waals surface area contributed by atoms with Crippen molar-refractivity contribution in [3.8, 4) is 0 Å². The number of hydrogen-bond donors (Lipinski definition) is 2. The normalized spacial score (nSPS) is 20.0. The Kier molecular flexibility index (Phi) is 6.92. The van der Waals surface area contributed by atoms with Crippen LogP contribution in [0.3, 0.4) is 0 Å². The monoisotopic (exact) mass is 569 g/mol. The van der Waals surface area contributed by atoms with E-state index in [2.05, 4.69) is 0 Å². The molecule has 0 unspecified atom stereocenters. The van der Waals surface area contributed by atoms with Crippen molar-refractivity contribution in [3.05, 3.63) is 64.2 Å². The lowest BCUT2D eigenvalue weighted by molar-refractivity contribution is -0.143. The van der Waals surface area contributed by atoms with Crippen LogP contribution in [0.4, 0.5) is 54.8 Å². The molecular formula is C24H20F9N3O3. The van der Waals surface area contributed by atoms with Crippen molar-refractivity contribution >= 4 is 17.8 Å². The second-order valence-corrected chi connectivity index (χ2v) is 9.46. The highest BCUT2D eigenvalue weighted by Gasteiger charge is 2.47. The molecule has 0 bridgehead atoms. The largest absolute Gasteiger partial charge is 0.465 e. The summed E-state index contributed by atoms with van der Waals surface area (Å²) in [4.78, 5) is 26.2. The minimum Gasteiger partial charge on any atom is -0.465 e. The van der Waals surface area contributed by atoms with E-state index in [9.17, 15) is 54.2 Å². The van der Waals surface area contributed by atoms with Crippen LogP contribution >= 0.6 is 0 Å². The van der Waals surface area contributed by atoms with E-state index in [1.165, 1.54) is 0 Å². The highest BCUT2D eigenvalue weighted by Crippen LogP contribution is 2.49. The predicted molar refractivity (Wildman–Crippen MR) is 117 cm³/mol. The molecule has 1 heterocycles. The number of halogens is 9. The number of rotatable bonds is 4. The van der Waals surface area contributed by atoms with Gasteiger partial charge in [-0.1, -0.05) is 0 Å². The fourth-order valence-electron chi connectivity index (χ4n) is 4.93. The zero-order valence-corrected chi connectivity index (χ0v) is 19.7. The van der Waals surface area contributed by atoms with Crippen LogP contribution in [0.1, 0.15) is 53.1 Å². The van der Waals surface area contributed by atoms with Crippen LogP contribution in [-0.4, -0.2) is 28.2 Å². The fourth-order valence-corrected chi connectivity index (χ4v) is 4.93. The zero-order valence-electron chi connectivity index (χ0n) is 19.7. The van der Waals surface area contributed by atoms with Gasteiger partial charge in [-0.3, -0.25) is 4.90 Å². The lowest BCUT2D eigenvalue weighted by Crippen LogP contribution is -2.50. The third-order valence-electron chi connectivity index (χ3n) is 6.80. The number of benzene rings is 2. The van der Waals surface area contributed by atoms with Gasteiger partial charge in [0.05, 0.1) is 28.4 Å². The SMILES string of the molecule is NC(=O)N(Cc1cc(C(F)(F)F)cc(C(F)(F)F)c1)[C@H]1C[C@@H](C2CC2)N(C(=O)O)c2ccc(C(F)(F)F)cc21. The van der Waals surface area contributed by atoms with Gasteiger partial charge in [-0.2, -0.15) is 39.5 Å². The first-order chi connectivity index (χ1) is 17.9. The van der Waals surface area contributed by atoms with Gasteiger partial charge in [0, 0.05) is 12.6 Å². The Morgan fingerprint density at radius 2 is 1.41 bits per heavy atom. The van der Waals surface area contributed by atoms with E-state index in [4.69, 9.17) is 5.73 Å². The molecule has 6 nitrogen and oxygen atoms in total. The van der Waals surface area contributed by atoms with Gasteiger partial charge >= 0.3 is 30.7 Å². The van der Waals surface area contributed by atoms with Crippen molar-refractivity contribution in [1.29, 1.82) is 0 Å². The molecule has 0 saturated heterocycles. The maximum atomic E-state index is 13.5. The van der Waals surface area contributed by atoms with Gasteiger partial charge in [0.2, 0.25) is 0 Å². The third kappa shape index (κ3) is 5.86. The number of amides is 3. The summed E-state index contributed by atoms with van der Waals surface area (Å²) in [5.41, 5.74) is -0.118. The molecule has 212 valence electrons. The van der Waals surface area contributed by atoms with Crippen LogP contribution in [-0.2, 0) is 25.1 Å². The van der Waals surface area contributed by atoms with Crippen molar-refractivity contribution in [1.82, 2.24) is 4.90 Å². The van der Waals surface area contributed by atoms with E-state index in [1.54, 1.807) is 0 Å². The quantitative estimate of drug-likeness (QED) is 0.388. The number of urea groups is 1. The first-order valence-electron chi connectivity index (χ1n) is 11.5. The summed E-state index contributed by atoms with van der Waals surface area (Å²) in [6.07, 6.45) is -15.8. The second kappa shape index (κ2) is 9.52. The minimum absolute atomic E-state index is 0.0997. The summed E-state index contributed by atoms with van der Waals surface area (Å²) in [7, 11) is 0. The van der Waals surface area contributed by atoms with E-state index in [1.807, 2.05) is 0 Å². The van der Waals surface area contributed by atoms with Crippen LogP contribution in [0.25, 0.3) is 0 Å². The third-order valence-corrected chi connectivity index (χ3v) is 6.80. The first-order valence-corrected chi connectivity index (χ1v) is 11.5. The molecule has 15 heteroatoms. The van der Waals surface area contributed by atoms with Crippen molar-refractivity contribution in [2.24, 2.45) is 11.7 Å². The summed E-state index contributed by atoms with van der Waals surface area (Å²) in [5, 5.41) is 9.83. The lowest BCUT2D eigenvalue weighted by atomic mass is 9.86. The van der Waals surface area contributed by atoms with Crippen molar-refractivity contribution in [3.63, 3.8) is 0 Å². The summed E-state index contributed by atoms with van der Waals surface area (Å²) in [6.45, 7) is -0.910. The van der Waals surface area contributed by atoms with Crippen LogP contribution in [0, 0.1) is 5.92 Å². The maximum Gasteiger partial charge on any atom is 0.416 e. The summed E-state index contributed by atoms with van der Waals surface area (Å²) < 4.78 is 121. The maximum absolute atomic E-state index is 13.5. The molecule has 0 radical (unpaired) electrons. The number of carbonyl (C=O) groups is 2. The van der Waals surface area contributed by atoms with E-state index >= 15 is 0 Å². The average Bonchev–Trinajstić information content (AvgIpc) is 3.64. The van der Waals surface area contributed by atoms with Gasteiger partial charge in [-0.15, -0.1) is 0 Å². The molecule has 1 fully saturated rings. The molecule has 2 aliphatic rings. The Labute approximate surface area is 214 Å². The molecule has 2 aromatic carbocycles. The number of nitrogens with zero attached hydrogens (tertiary/aromatic N) is 2. The Morgan fingerprint density at radius 1 is 0.872 bits per heavy atom. The molecule has 3 amide bonds. The van der Waals surface area contributed by atoms with Gasteiger partial charge in [0.15, 0.2) is 0 Å². The molecule has 1 aliphatic carbocycles. The zero-order chi connectivity index (χ0) is 29.1. The van der Waals surface area contributed by atoms with E-state index in [-0.39, 0.29) is 29.7 Å². The van der Waals surface area contributed by atoms with Gasteiger partial charge in [0.25, 0.3) is 0 Å². The van der Waals surface area contributed by atoms with Crippen LogP contribution in [0.5, 0.6) is 0 Å². The number of alkyl halides is 9. The van der Waals surface area contributed by atoms with E-state index in [0.29, 0.717) is 42.0 Å². The fraction of sp³-hybridized carbons (Fsp3) is 0.417. The Hall–Kier alpha value is -3.65. The molecule has 2 aromatic rings. The molecule has 0 spiro atoms. The number of anilines is 1. The van der Waals surface area contributed by atoms with Crippen LogP contribution < -0.4 is 10.6 Å². The van der Waals surface area contributed by atoms with E-state index in [0.717, 1.165) is 11.0 Å². The number of primary amides is 1. The number of hydrogen-bond acceptors (Lipinski definition) is 2. The standard InChI is InChI=1S/C24H20F9N3O3/c25-22(26,27)13-3-4-17-16(8-13)19(9-18(12-1-2-12)36(17)21(38)39)35(20(34)37)10-11-5-14(23(28,29)30)7-15(6-11)24(31,32)33/h3-8,12,18-19H,1-2,9-10H2,(H2,34,37)(H,38,39)/t18-,19-/m0/s1. The molecule has 0 aromatic heterocycles. The van der Waals surface area contributed by atoms with Crippen LogP contribution in [0.2, 0.25) is 0 Å². The number of carboxylic acid groups (broad SMARTS) is 1. The van der Waals surface area contributed by atoms with Gasteiger partial charge in [-0.25, -0.2) is 9.59 Å². The molecule has 2 atom stereocenters. The average molecular weight is 569 g/mol. The Morgan fingerprint density at radius 3 is 1.85 bits per heavy atom. The van der Waals surface area contributed by atoms with Crippen molar-refractivity contribution in [2.75, 3.05) is 4.90 Å².